The quantitative estimate of drug-likeness (QED) is 0.395. The van der Waals surface area contributed by atoms with E-state index in [1.165, 1.54) is 36.7 Å². The number of nitrogens with one attached hydrogen (secondary N) is 1. The van der Waals surface area contributed by atoms with Gasteiger partial charge in [-0.25, -0.2) is 9.37 Å². The number of thiazole rings is 1. The van der Waals surface area contributed by atoms with Gasteiger partial charge in [-0.05, 0) is 56.5 Å². The summed E-state index contributed by atoms with van der Waals surface area (Å²) >= 11 is 1.37. The molecule has 0 aliphatic carbocycles. The molecule has 0 spiro atoms. The number of piperidine rings is 1. The number of carbonyl (C=O) groups is 1. The van der Waals surface area contributed by atoms with E-state index in [1.54, 1.807) is 30.7 Å². The summed E-state index contributed by atoms with van der Waals surface area (Å²) in [6.45, 7) is 6.10. The van der Waals surface area contributed by atoms with Crippen molar-refractivity contribution in [3.63, 3.8) is 0 Å². The zero-order valence-electron chi connectivity index (χ0n) is 16.9. The summed E-state index contributed by atoms with van der Waals surface area (Å²) in [6.07, 6.45) is 5.45. The van der Waals surface area contributed by atoms with E-state index in [2.05, 4.69) is 27.3 Å². The van der Waals surface area contributed by atoms with Crippen molar-refractivity contribution in [1.82, 2.24) is 9.88 Å². The van der Waals surface area contributed by atoms with Crippen molar-refractivity contribution < 1.29 is 13.9 Å². The fourth-order valence-electron chi connectivity index (χ4n) is 3.40. The van der Waals surface area contributed by atoms with Crippen molar-refractivity contribution in [2.45, 2.75) is 52.1 Å². The summed E-state index contributed by atoms with van der Waals surface area (Å²) in [5, 5.41) is 6.65. The molecule has 1 aromatic carbocycles. The molecule has 8 heteroatoms. The van der Waals surface area contributed by atoms with Gasteiger partial charge < -0.3 is 4.74 Å². The first-order valence-electron chi connectivity index (χ1n) is 9.96. The average molecular weight is 419 g/mol. The number of aromatic nitrogens is 1. The molecule has 0 saturated carbocycles. The highest BCUT2D eigenvalue weighted by atomic mass is 32.1. The van der Waals surface area contributed by atoms with Gasteiger partial charge in [0.05, 0.1) is 24.9 Å². The van der Waals surface area contributed by atoms with Crippen LogP contribution in [0.1, 0.15) is 49.9 Å². The van der Waals surface area contributed by atoms with Gasteiger partial charge in [-0.3, -0.25) is 15.1 Å². The van der Waals surface area contributed by atoms with Gasteiger partial charge in [-0.2, -0.15) is 5.10 Å². The number of esters is 1. The summed E-state index contributed by atoms with van der Waals surface area (Å²) in [5.41, 5.74) is 5.33. The highest BCUT2D eigenvalue weighted by Crippen LogP contribution is 2.21. The van der Waals surface area contributed by atoms with E-state index in [1.807, 2.05) is 0 Å². The van der Waals surface area contributed by atoms with Gasteiger partial charge in [-0.15, -0.1) is 11.3 Å². The first kappa shape index (κ1) is 21.4. The number of rotatable bonds is 8. The van der Waals surface area contributed by atoms with Crippen LogP contribution >= 0.6 is 11.3 Å². The van der Waals surface area contributed by atoms with E-state index in [0.717, 1.165) is 17.7 Å². The van der Waals surface area contributed by atoms with Crippen LogP contribution in [0.4, 0.5) is 9.52 Å². The number of benzene rings is 1. The Bertz CT molecular complexity index is 855. The van der Waals surface area contributed by atoms with E-state index in [-0.39, 0.29) is 18.2 Å². The minimum absolute atomic E-state index is 0.145. The summed E-state index contributed by atoms with van der Waals surface area (Å²) in [6, 6.07) is 5.29. The van der Waals surface area contributed by atoms with Gasteiger partial charge in [0.1, 0.15) is 5.82 Å². The maximum Gasteiger partial charge on any atom is 0.311 e. The zero-order valence-corrected chi connectivity index (χ0v) is 17.7. The monoisotopic (exact) mass is 418 g/mol. The number of hydrogen-bond donors (Lipinski definition) is 1. The fraction of sp³-hybridized carbons (Fsp3) is 0.476. The van der Waals surface area contributed by atoms with Crippen molar-refractivity contribution >= 4 is 28.7 Å². The fourth-order valence-corrected chi connectivity index (χ4v) is 4.06. The smallest absolute Gasteiger partial charge is 0.311 e. The van der Waals surface area contributed by atoms with Crippen LogP contribution in [0.25, 0.3) is 0 Å². The number of hydrazone groups is 1. The Labute approximate surface area is 174 Å². The number of ether oxygens (including phenoxy) is 1. The number of carbonyl (C=O) groups excluding carboxylic acids is 1. The second kappa shape index (κ2) is 10.5. The minimum Gasteiger partial charge on any atom is -0.466 e. The molecule has 6 nitrogen and oxygen atoms in total. The predicted molar refractivity (Wildman–Crippen MR) is 114 cm³/mol. The highest BCUT2D eigenvalue weighted by Gasteiger charge is 2.19. The topological polar surface area (TPSA) is 66.8 Å². The molecule has 1 aromatic heterocycles. The van der Waals surface area contributed by atoms with Crippen LogP contribution in [0.5, 0.6) is 0 Å². The standard InChI is InChI=1S/C21H27FN4O2S/c1-3-28-20(27)11-19-14-29-21(24-19)25-23-12-16-7-8-18(22)10-17(16)13-26-9-5-4-6-15(26)2/h7-8,10,12,14-15H,3-6,9,11,13H2,1-2H3,(H,24,25). The predicted octanol–water partition coefficient (Wildman–Crippen LogP) is 4.21. The lowest BCUT2D eigenvalue weighted by Crippen LogP contribution is -2.37. The van der Waals surface area contributed by atoms with Gasteiger partial charge in [0, 0.05) is 18.0 Å². The molecule has 1 atom stereocenters. The molecule has 1 aliphatic heterocycles. The minimum atomic E-state index is -0.296. The maximum absolute atomic E-state index is 13.8. The second-order valence-electron chi connectivity index (χ2n) is 7.15. The lowest BCUT2D eigenvalue weighted by atomic mass is 10.0. The van der Waals surface area contributed by atoms with Crippen LogP contribution in [-0.4, -0.2) is 41.3 Å². The molecule has 2 aromatic rings. The maximum atomic E-state index is 13.8. The molecule has 29 heavy (non-hydrogen) atoms. The molecule has 1 unspecified atom stereocenters. The van der Waals surface area contributed by atoms with Gasteiger partial charge in [-0.1, -0.05) is 12.5 Å². The third-order valence-electron chi connectivity index (χ3n) is 4.97. The molecule has 156 valence electrons. The third-order valence-corrected chi connectivity index (χ3v) is 5.76. The van der Waals surface area contributed by atoms with Crippen LogP contribution in [0.2, 0.25) is 0 Å². The molecular weight excluding hydrogens is 391 g/mol. The highest BCUT2D eigenvalue weighted by molar-refractivity contribution is 7.13. The van der Waals surface area contributed by atoms with E-state index in [9.17, 15) is 9.18 Å². The van der Waals surface area contributed by atoms with E-state index < -0.39 is 0 Å². The Morgan fingerprint density at radius 1 is 1.48 bits per heavy atom. The Hall–Kier alpha value is -2.32. The number of halogens is 1. The molecule has 0 amide bonds. The lowest BCUT2D eigenvalue weighted by molar-refractivity contribution is -0.142. The second-order valence-corrected chi connectivity index (χ2v) is 8.01. The average Bonchev–Trinajstić information content (AvgIpc) is 3.12. The van der Waals surface area contributed by atoms with Crippen LogP contribution < -0.4 is 5.43 Å². The third kappa shape index (κ3) is 6.33. The molecule has 1 fully saturated rings. The van der Waals surface area contributed by atoms with Crippen molar-refractivity contribution in [2.75, 3.05) is 18.6 Å². The molecule has 0 bridgehead atoms. The van der Waals surface area contributed by atoms with E-state index >= 15 is 0 Å². The number of hydrogen-bond acceptors (Lipinski definition) is 7. The van der Waals surface area contributed by atoms with Gasteiger partial charge in [0.15, 0.2) is 0 Å². The number of likely N-dealkylation sites (tertiary alicyclic amines) is 1. The molecule has 3 rings (SSSR count). The van der Waals surface area contributed by atoms with Crippen LogP contribution in [-0.2, 0) is 22.5 Å². The zero-order chi connectivity index (χ0) is 20.6. The summed E-state index contributed by atoms with van der Waals surface area (Å²) in [5.74, 6) is -0.533. The largest absolute Gasteiger partial charge is 0.466 e. The lowest BCUT2D eigenvalue weighted by Gasteiger charge is -2.33. The first-order valence-corrected chi connectivity index (χ1v) is 10.8. The Morgan fingerprint density at radius 2 is 2.34 bits per heavy atom. The van der Waals surface area contributed by atoms with E-state index in [0.29, 0.717) is 30.0 Å². The van der Waals surface area contributed by atoms with Gasteiger partial charge in [0.25, 0.3) is 0 Å². The van der Waals surface area contributed by atoms with Gasteiger partial charge in [0.2, 0.25) is 5.13 Å². The SMILES string of the molecule is CCOC(=O)Cc1csc(NN=Cc2ccc(F)cc2CN2CCCCC2C)n1. The van der Waals surface area contributed by atoms with Crippen molar-refractivity contribution in [2.24, 2.45) is 5.10 Å². The Kier molecular flexibility index (Phi) is 7.71. The molecule has 1 saturated heterocycles. The van der Waals surface area contributed by atoms with Crippen molar-refractivity contribution in [3.8, 4) is 0 Å². The summed E-state index contributed by atoms with van der Waals surface area (Å²) < 4.78 is 18.8. The van der Waals surface area contributed by atoms with Crippen LogP contribution in [0, 0.1) is 5.82 Å². The first-order chi connectivity index (χ1) is 14.0. The molecule has 1 aliphatic rings. The number of anilines is 1. The van der Waals surface area contributed by atoms with Gasteiger partial charge >= 0.3 is 5.97 Å². The van der Waals surface area contributed by atoms with Crippen molar-refractivity contribution in [3.05, 3.63) is 46.2 Å². The summed E-state index contributed by atoms with van der Waals surface area (Å²) in [7, 11) is 0. The molecule has 1 N–H and O–H groups in total. The normalized spacial score (nSPS) is 17.6. The Balaban J connectivity index is 1.63. The molecule has 0 radical (unpaired) electrons. The van der Waals surface area contributed by atoms with E-state index in [4.69, 9.17) is 4.74 Å². The molecular formula is C21H27FN4O2S. The molecule has 2 heterocycles. The Morgan fingerprint density at radius 3 is 3.14 bits per heavy atom. The van der Waals surface area contributed by atoms with Crippen LogP contribution in [0.15, 0.2) is 28.7 Å². The van der Waals surface area contributed by atoms with Crippen LogP contribution in [0.3, 0.4) is 0 Å². The number of nitrogens with zero attached hydrogens (tertiary/aromatic N) is 3. The summed E-state index contributed by atoms with van der Waals surface area (Å²) in [4.78, 5) is 18.3. The van der Waals surface area contributed by atoms with Crippen molar-refractivity contribution in [1.29, 1.82) is 0 Å².